The van der Waals surface area contributed by atoms with Crippen LogP contribution in [0.15, 0.2) is 40.9 Å². The minimum Gasteiger partial charge on any atom is -0.496 e. The van der Waals surface area contributed by atoms with Crippen LogP contribution in [-0.2, 0) is 6.54 Å². The molecule has 0 bridgehead atoms. The van der Waals surface area contributed by atoms with Crippen molar-refractivity contribution < 1.29 is 9.53 Å². The molecule has 0 heterocycles. The molecule has 21 heavy (non-hydrogen) atoms. The Morgan fingerprint density at radius 3 is 2.67 bits per heavy atom. The number of hydrogen-bond donors (Lipinski definition) is 2. The first-order chi connectivity index (χ1) is 10.0. The Morgan fingerprint density at radius 1 is 1.33 bits per heavy atom. The van der Waals surface area contributed by atoms with Crippen molar-refractivity contribution in [1.29, 1.82) is 0 Å². The maximum Gasteiger partial charge on any atom is 0.250 e. The van der Waals surface area contributed by atoms with E-state index < -0.39 is 5.91 Å². The van der Waals surface area contributed by atoms with Gasteiger partial charge in [-0.2, -0.15) is 0 Å². The van der Waals surface area contributed by atoms with E-state index in [1.54, 1.807) is 25.3 Å². The summed E-state index contributed by atoms with van der Waals surface area (Å²) in [6.07, 6.45) is 0. The molecule has 0 aliphatic carbocycles. The molecule has 2 aromatic carbocycles. The van der Waals surface area contributed by atoms with Crippen LogP contribution >= 0.6 is 27.5 Å². The number of hydrogen-bond acceptors (Lipinski definition) is 3. The summed E-state index contributed by atoms with van der Waals surface area (Å²) in [6, 6.07) is 10.9. The zero-order valence-electron chi connectivity index (χ0n) is 11.3. The van der Waals surface area contributed by atoms with Gasteiger partial charge in [-0.05, 0) is 51.8 Å². The number of benzene rings is 2. The predicted molar refractivity (Wildman–Crippen MR) is 88.0 cm³/mol. The molecule has 0 aliphatic heterocycles. The lowest BCUT2D eigenvalue weighted by Gasteiger charge is -2.10. The molecule has 0 fully saturated rings. The van der Waals surface area contributed by atoms with E-state index in [0.717, 1.165) is 21.5 Å². The summed E-state index contributed by atoms with van der Waals surface area (Å²) in [6.45, 7) is 0.620. The van der Waals surface area contributed by atoms with E-state index >= 15 is 0 Å². The normalized spacial score (nSPS) is 10.2. The highest BCUT2D eigenvalue weighted by molar-refractivity contribution is 9.10. The third kappa shape index (κ3) is 3.89. The lowest BCUT2D eigenvalue weighted by Crippen LogP contribution is -2.11. The zero-order chi connectivity index (χ0) is 15.4. The minimum atomic E-state index is -0.536. The first kappa shape index (κ1) is 15.7. The van der Waals surface area contributed by atoms with Crippen LogP contribution in [0.2, 0.25) is 5.02 Å². The molecule has 2 aromatic rings. The Labute approximate surface area is 136 Å². The standard InChI is InChI=1S/C15H14BrClN2O2/c1-21-14-5-2-9(6-12(14)16)8-19-10-3-4-11(15(18)20)13(17)7-10/h2-7,19H,8H2,1H3,(H2,18,20). The predicted octanol–water partition coefficient (Wildman–Crippen LogP) is 3.82. The molecular weight excluding hydrogens is 356 g/mol. The lowest BCUT2D eigenvalue weighted by atomic mass is 10.1. The summed E-state index contributed by atoms with van der Waals surface area (Å²) < 4.78 is 6.08. The number of amides is 1. The van der Waals surface area contributed by atoms with E-state index in [1.165, 1.54) is 0 Å². The largest absolute Gasteiger partial charge is 0.496 e. The summed E-state index contributed by atoms with van der Waals surface area (Å²) in [5.41, 5.74) is 7.42. The Hall–Kier alpha value is -1.72. The smallest absolute Gasteiger partial charge is 0.250 e. The maximum atomic E-state index is 11.1. The molecule has 6 heteroatoms. The van der Waals surface area contributed by atoms with Crippen LogP contribution in [-0.4, -0.2) is 13.0 Å². The molecule has 0 saturated carbocycles. The Bertz CT molecular complexity index is 677. The van der Waals surface area contributed by atoms with Gasteiger partial charge in [0.15, 0.2) is 0 Å². The average molecular weight is 370 g/mol. The SMILES string of the molecule is COc1ccc(CNc2ccc(C(N)=O)c(Cl)c2)cc1Br. The van der Waals surface area contributed by atoms with Crippen LogP contribution in [0.5, 0.6) is 5.75 Å². The molecule has 3 N–H and O–H groups in total. The molecule has 0 aromatic heterocycles. The number of primary amides is 1. The van der Waals surface area contributed by atoms with Crippen LogP contribution in [0, 0.1) is 0 Å². The molecule has 0 radical (unpaired) electrons. The van der Waals surface area contributed by atoms with Crippen LogP contribution in [0.3, 0.4) is 0 Å². The number of methoxy groups -OCH3 is 1. The molecule has 110 valence electrons. The van der Waals surface area contributed by atoms with Gasteiger partial charge in [0.2, 0.25) is 5.91 Å². The fourth-order valence-electron chi connectivity index (χ4n) is 1.85. The summed E-state index contributed by atoms with van der Waals surface area (Å²) in [5.74, 6) is 0.248. The molecule has 0 atom stereocenters. The van der Waals surface area contributed by atoms with Gasteiger partial charge < -0.3 is 15.8 Å². The third-order valence-corrected chi connectivity index (χ3v) is 3.88. The average Bonchev–Trinajstić information content (AvgIpc) is 2.45. The Balaban J connectivity index is 2.08. The fourth-order valence-corrected chi connectivity index (χ4v) is 2.71. The second kappa shape index (κ2) is 6.83. The molecule has 0 aliphatic rings. The van der Waals surface area contributed by atoms with E-state index in [0.29, 0.717) is 17.1 Å². The number of carbonyl (C=O) groups is 1. The number of carbonyl (C=O) groups excluding carboxylic acids is 1. The molecule has 0 saturated heterocycles. The quantitative estimate of drug-likeness (QED) is 0.842. The van der Waals surface area contributed by atoms with Crippen molar-refractivity contribution in [3.05, 3.63) is 57.0 Å². The highest BCUT2D eigenvalue weighted by atomic mass is 79.9. The van der Waals surface area contributed by atoms with Gasteiger partial charge in [-0.25, -0.2) is 0 Å². The fraction of sp³-hybridized carbons (Fsp3) is 0.133. The number of ether oxygens (including phenoxy) is 1. The Kier molecular flexibility index (Phi) is 5.09. The summed E-state index contributed by atoms with van der Waals surface area (Å²) in [4.78, 5) is 11.1. The molecule has 0 unspecified atom stereocenters. The second-order valence-corrected chi connectivity index (χ2v) is 5.64. The van der Waals surface area contributed by atoms with Crippen molar-refractivity contribution in [2.24, 2.45) is 5.73 Å². The Morgan fingerprint density at radius 2 is 2.10 bits per heavy atom. The lowest BCUT2D eigenvalue weighted by molar-refractivity contribution is 0.100. The van der Waals surface area contributed by atoms with Gasteiger partial charge in [-0.1, -0.05) is 17.7 Å². The summed E-state index contributed by atoms with van der Waals surface area (Å²) in [7, 11) is 1.63. The van der Waals surface area contributed by atoms with Gasteiger partial charge in [0, 0.05) is 12.2 Å². The van der Waals surface area contributed by atoms with Gasteiger partial charge in [-0.15, -0.1) is 0 Å². The highest BCUT2D eigenvalue weighted by Gasteiger charge is 2.07. The van der Waals surface area contributed by atoms with Crippen molar-refractivity contribution in [2.45, 2.75) is 6.54 Å². The molecule has 0 spiro atoms. The molecule has 1 amide bonds. The van der Waals surface area contributed by atoms with E-state index in [2.05, 4.69) is 21.2 Å². The number of halogens is 2. The molecule has 2 rings (SSSR count). The van der Waals surface area contributed by atoms with Crippen LogP contribution in [0.1, 0.15) is 15.9 Å². The maximum absolute atomic E-state index is 11.1. The van der Waals surface area contributed by atoms with Gasteiger partial charge in [-0.3, -0.25) is 4.79 Å². The zero-order valence-corrected chi connectivity index (χ0v) is 13.7. The van der Waals surface area contributed by atoms with Crippen molar-refractivity contribution >= 4 is 39.1 Å². The number of nitrogens with one attached hydrogen (secondary N) is 1. The van der Waals surface area contributed by atoms with Gasteiger partial charge >= 0.3 is 0 Å². The molecular formula is C15H14BrClN2O2. The van der Waals surface area contributed by atoms with Gasteiger partial charge in [0.05, 0.1) is 22.2 Å². The number of anilines is 1. The van der Waals surface area contributed by atoms with E-state index in [4.69, 9.17) is 22.1 Å². The van der Waals surface area contributed by atoms with E-state index in [9.17, 15) is 4.79 Å². The van der Waals surface area contributed by atoms with Gasteiger partial charge in [0.1, 0.15) is 5.75 Å². The van der Waals surface area contributed by atoms with Gasteiger partial charge in [0.25, 0.3) is 0 Å². The first-order valence-electron chi connectivity index (χ1n) is 6.17. The summed E-state index contributed by atoms with van der Waals surface area (Å²) >= 11 is 9.45. The topological polar surface area (TPSA) is 64.3 Å². The van der Waals surface area contributed by atoms with Crippen LogP contribution in [0.4, 0.5) is 5.69 Å². The monoisotopic (exact) mass is 368 g/mol. The van der Waals surface area contributed by atoms with Crippen molar-refractivity contribution in [3.8, 4) is 5.75 Å². The third-order valence-electron chi connectivity index (χ3n) is 2.95. The highest BCUT2D eigenvalue weighted by Crippen LogP contribution is 2.26. The van der Waals surface area contributed by atoms with Crippen LogP contribution in [0.25, 0.3) is 0 Å². The van der Waals surface area contributed by atoms with E-state index in [-0.39, 0.29) is 0 Å². The summed E-state index contributed by atoms with van der Waals surface area (Å²) in [5, 5.41) is 3.57. The minimum absolute atomic E-state index is 0.314. The van der Waals surface area contributed by atoms with Crippen molar-refractivity contribution in [3.63, 3.8) is 0 Å². The van der Waals surface area contributed by atoms with E-state index in [1.807, 2.05) is 18.2 Å². The number of nitrogens with two attached hydrogens (primary N) is 1. The number of rotatable bonds is 5. The second-order valence-electron chi connectivity index (χ2n) is 4.38. The molecule has 4 nitrogen and oxygen atoms in total. The van der Waals surface area contributed by atoms with Crippen molar-refractivity contribution in [2.75, 3.05) is 12.4 Å². The van der Waals surface area contributed by atoms with Crippen LogP contribution < -0.4 is 15.8 Å². The first-order valence-corrected chi connectivity index (χ1v) is 7.34. The van der Waals surface area contributed by atoms with Crippen molar-refractivity contribution in [1.82, 2.24) is 0 Å².